The molecule has 0 aliphatic rings. The largest absolute Gasteiger partial charge is 0.355 e. The third-order valence-electron chi connectivity index (χ3n) is 3.79. The Morgan fingerprint density at radius 1 is 1.16 bits per heavy atom. The number of hydrogen-bond acceptors (Lipinski definition) is 4. The molecular formula is C18H20N4O2S. The van der Waals surface area contributed by atoms with E-state index < -0.39 is 0 Å². The van der Waals surface area contributed by atoms with Crippen LogP contribution in [-0.2, 0) is 11.3 Å². The van der Waals surface area contributed by atoms with Crippen LogP contribution in [0.15, 0.2) is 36.4 Å². The number of carbonyl (C=O) groups excluding carboxylic acids is 2. The third-order valence-corrected chi connectivity index (χ3v) is 4.94. The number of aryl methyl sites for hydroxylation is 1. The smallest absolute Gasteiger partial charge is 0.261 e. The second-order valence-electron chi connectivity index (χ2n) is 5.80. The summed E-state index contributed by atoms with van der Waals surface area (Å²) in [4.78, 5) is 24.8. The van der Waals surface area contributed by atoms with Gasteiger partial charge < -0.3 is 10.6 Å². The van der Waals surface area contributed by atoms with E-state index in [0.29, 0.717) is 24.5 Å². The van der Waals surface area contributed by atoms with Crippen LogP contribution in [0.5, 0.6) is 0 Å². The molecule has 0 saturated carbocycles. The van der Waals surface area contributed by atoms with Crippen molar-refractivity contribution >= 4 is 33.4 Å². The van der Waals surface area contributed by atoms with Crippen LogP contribution in [0.2, 0.25) is 0 Å². The van der Waals surface area contributed by atoms with Crippen LogP contribution in [0.25, 0.3) is 10.2 Å². The Morgan fingerprint density at radius 3 is 2.60 bits per heavy atom. The van der Waals surface area contributed by atoms with Crippen molar-refractivity contribution in [2.75, 3.05) is 13.1 Å². The SMILES string of the molecule is CC(=O)NCCNC(=O)c1cc2c(C)nn(Cc3ccccc3)c2s1. The highest BCUT2D eigenvalue weighted by Gasteiger charge is 2.16. The highest BCUT2D eigenvalue weighted by atomic mass is 32.1. The van der Waals surface area contributed by atoms with Gasteiger partial charge in [-0.25, -0.2) is 0 Å². The average molecular weight is 356 g/mol. The van der Waals surface area contributed by atoms with Gasteiger partial charge in [-0.15, -0.1) is 11.3 Å². The molecule has 0 unspecified atom stereocenters. The average Bonchev–Trinajstić information content (AvgIpc) is 3.14. The van der Waals surface area contributed by atoms with Crippen molar-refractivity contribution in [2.24, 2.45) is 0 Å². The number of amides is 2. The van der Waals surface area contributed by atoms with Gasteiger partial charge >= 0.3 is 0 Å². The summed E-state index contributed by atoms with van der Waals surface area (Å²) < 4.78 is 1.94. The first kappa shape index (κ1) is 17.2. The zero-order valence-electron chi connectivity index (χ0n) is 14.2. The quantitative estimate of drug-likeness (QED) is 0.666. The van der Waals surface area contributed by atoms with Crippen molar-refractivity contribution in [1.29, 1.82) is 0 Å². The van der Waals surface area contributed by atoms with E-state index >= 15 is 0 Å². The molecule has 130 valence electrons. The van der Waals surface area contributed by atoms with E-state index in [2.05, 4.69) is 27.9 Å². The Morgan fingerprint density at radius 2 is 1.88 bits per heavy atom. The molecule has 0 aliphatic heterocycles. The van der Waals surface area contributed by atoms with Crippen molar-refractivity contribution in [3.63, 3.8) is 0 Å². The second kappa shape index (κ2) is 7.48. The van der Waals surface area contributed by atoms with Crippen LogP contribution in [0.1, 0.15) is 27.9 Å². The van der Waals surface area contributed by atoms with Crippen molar-refractivity contribution in [3.05, 3.63) is 52.5 Å². The lowest BCUT2D eigenvalue weighted by atomic mass is 10.2. The first-order chi connectivity index (χ1) is 12.0. The van der Waals surface area contributed by atoms with Crippen LogP contribution >= 0.6 is 11.3 Å². The summed E-state index contributed by atoms with van der Waals surface area (Å²) in [5, 5.41) is 11.1. The van der Waals surface area contributed by atoms with Gasteiger partial charge in [-0.3, -0.25) is 14.3 Å². The molecule has 2 amide bonds. The van der Waals surface area contributed by atoms with Gasteiger partial charge in [0.1, 0.15) is 4.83 Å². The number of fused-ring (bicyclic) bond motifs is 1. The van der Waals surface area contributed by atoms with Crippen LogP contribution in [0.4, 0.5) is 0 Å². The first-order valence-electron chi connectivity index (χ1n) is 8.08. The molecule has 2 N–H and O–H groups in total. The Bertz CT molecular complexity index is 899. The van der Waals surface area contributed by atoms with Gasteiger partial charge in [0, 0.05) is 25.4 Å². The normalized spacial score (nSPS) is 10.8. The minimum atomic E-state index is -0.128. The van der Waals surface area contributed by atoms with Crippen LogP contribution < -0.4 is 10.6 Å². The minimum Gasteiger partial charge on any atom is -0.355 e. The van der Waals surface area contributed by atoms with E-state index in [4.69, 9.17) is 0 Å². The lowest BCUT2D eigenvalue weighted by Crippen LogP contribution is -2.33. The maximum absolute atomic E-state index is 12.3. The molecule has 0 radical (unpaired) electrons. The van der Waals surface area contributed by atoms with Gasteiger partial charge in [-0.05, 0) is 18.6 Å². The highest BCUT2D eigenvalue weighted by molar-refractivity contribution is 7.20. The van der Waals surface area contributed by atoms with Crippen LogP contribution in [0.3, 0.4) is 0 Å². The molecular weight excluding hydrogens is 336 g/mol. The van der Waals surface area contributed by atoms with E-state index in [-0.39, 0.29) is 11.8 Å². The zero-order chi connectivity index (χ0) is 17.8. The Kier molecular flexibility index (Phi) is 5.14. The Labute approximate surface area is 149 Å². The number of benzene rings is 1. The molecule has 0 aliphatic carbocycles. The Balaban J connectivity index is 1.74. The molecule has 7 heteroatoms. The molecule has 1 aromatic carbocycles. The van der Waals surface area contributed by atoms with Crippen molar-refractivity contribution < 1.29 is 9.59 Å². The third kappa shape index (κ3) is 4.06. The van der Waals surface area contributed by atoms with Gasteiger partial charge in [0.05, 0.1) is 17.1 Å². The van der Waals surface area contributed by atoms with E-state index in [1.54, 1.807) is 0 Å². The topological polar surface area (TPSA) is 76.0 Å². The zero-order valence-corrected chi connectivity index (χ0v) is 15.0. The van der Waals surface area contributed by atoms with E-state index in [0.717, 1.165) is 15.9 Å². The van der Waals surface area contributed by atoms with Gasteiger partial charge in [0.2, 0.25) is 5.91 Å². The summed E-state index contributed by atoms with van der Waals surface area (Å²) in [5.74, 6) is -0.232. The first-order valence-corrected chi connectivity index (χ1v) is 8.90. The summed E-state index contributed by atoms with van der Waals surface area (Å²) in [6, 6.07) is 12.0. The molecule has 3 aromatic rings. The molecule has 3 rings (SSSR count). The number of thiophene rings is 1. The highest BCUT2D eigenvalue weighted by Crippen LogP contribution is 2.28. The fourth-order valence-electron chi connectivity index (χ4n) is 2.59. The van der Waals surface area contributed by atoms with Gasteiger partial charge in [-0.1, -0.05) is 30.3 Å². The number of nitrogens with zero attached hydrogens (tertiary/aromatic N) is 2. The lowest BCUT2D eigenvalue weighted by Gasteiger charge is -2.04. The molecule has 2 heterocycles. The van der Waals surface area contributed by atoms with Crippen molar-refractivity contribution in [1.82, 2.24) is 20.4 Å². The number of aromatic nitrogens is 2. The number of hydrogen-bond donors (Lipinski definition) is 2. The molecule has 0 atom stereocenters. The van der Waals surface area contributed by atoms with E-state index in [1.165, 1.54) is 23.8 Å². The van der Waals surface area contributed by atoms with E-state index in [1.807, 2.05) is 35.9 Å². The lowest BCUT2D eigenvalue weighted by molar-refractivity contribution is -0.118. The fourth-order valence-corrected chi connectivity index (χ4v) is 3.67. The molecule has 6 nitrogen and oxygen atoms in total. The summed E-state index contributed by atoms with van der Waals surface area (Å²) in [6.07, 6.45) is 0. The molecule has 0 spiro atoms. The molecule has 0 fully saturated rings. The fraction of sp³-hybridized carbons (Fsp3) is 0.278. The number of rotatable bonds is 6. The Hall–Kier alpha value is -2.67. The van der Waals surface area contributed by atoms with E-state index in [9.17, 15) is 9.59 Å². The summed E-state index contributed by atoms with van der Waals surface area (Å²) >= 11 is 1.44. The standard InChI is InChI=1S/C18H20N4O2S/c1-12-15-10-16(17(24)20-9-8-19-13(2)23)25-18(15)22(21-12)11-14-6-4-3-5-7-14/h3-7,10H,8-9,11H2,1-2H3,(H,19,23)(H,20,24). The second-order valence-corrected chi connectivity index (χ2v) is 6.83. The summed E-state index contributed by atoms with van der Waals surface area (Å²) in [5.41, 5.74) is 2.08. The van der Waals surface area contributed by atoms with Gasteiger partial charge in [-0.2, -0.15) is 5.10 Å². The minimum absolute atomic E-state index is 0.104. The van der Waals surface area contributed by atoms with Crippen molar-refractivity contribution in [3.8, 4) is 0 Å². The maximum Gasteiger partial charge on any atom is 0.261 e. The van der Waals surface area contributed by atoms with Crippen molar-refractivity contribution in [2.45, 2.75) is 20.4 Å². The predicted octanol–water partition coefficient (Wildman–Crippen LogP) is 2.32. The predicted molar refractivity (Wildman–Crippen MR) is 98.9 cm³/mol. The molecule has 0 bridgehead atoms. The monoisotopic (exact) mass is 356 g/mol. The van der Waals surface area contributed by atoms with Gasteiger partial charge in [0.15, 0.2) is 0 Å². The summed E-state index contributed by atoms with van der Waals surface area (Å²) in [6.45, 7) is 4.91. The summed E-state index contributed by atoms with van der Waals surface area (Å²) in [7, 11) is 0. The number of nitrogens with one attached hydrogen (secondary N) is 2. The van der Waals surface area contributed by atoms with Gasteiger partial charge in [0.25, 0.3) is 5.91 Å². The molecule has 25 heavy (non-hydrogen) atoms. The van der Waals surface area contributed by atoms with Crippen LogP contribution in [-0.4, -0.2) is 34.7 Å². The van der Waals surface area contributed by atoms with Crippen LogP contribution in [0, 0.1) is 6.92 Å². The maximum atomic E-state index is 12.3. The molecule has 0 saturated heterocycles. The molecule has 2 aromatic heterocycles. The number of carbonyl (C=O) groups is 2.